The maximum Gasteiger partial charge on any atom is 0.332 e. The van der Waals surface area contributed by atoms with Crippen LogP contribution in [0.4, 0.5) is 10.5 Å². The molecule has 4 rings (SSSR count). The lowest BCUT2D eigenvalue weighted by molar-refractivity contribution is -0.122. The minimum Gasteiger partial charge on any atom is -0.497 e. The fraction of sp³-hybridized carbons (Fsp3) is 0.300. The van der Waals surface area contributed by atoms with Crippen LogP contribution in [-0.2, 0) is 11.3 Å². The van der Waals surface area contributed by atoms with Crippen LogP contribution in [0.25, 0.3) is 0 Å². The molecule has 2 fully saturated rings. The summed E-state index contributed by atoms with van der Waals surface area (Å²) >= 11 is 0. The van der Waals surface area contributed by atoms with E-state index in [0.29, 0.717) is 18.0 Å². The van der Waals surface area contributed by atoms with Crippen molar-refractivity contribution in [3.63, 3.8) is 0 Å². The van der Waals surface area contributed by atoms with Crippen molar-refractivity contribution in [2.75, 3.05) is 18.6 Å². The first-order valence-corrected chi connectivity index (χ1v) is 8.75. The molecule has 0 aromatic heterocycles. The molecule has 3 amide bonds. The topological polar surface area (TPSA) is 61.9 Å². The van der Waals surface area contributed by atoms with Gasteiger partial charge in [0.25, 0.3) is 5.91 Å². The van der Waals surface area contributed by atoms with Gasteiger partial charge in [-0.2, -0.15) is 0 Å². The van der Waals surface area contributed by atoms with Gasteiger partial charge in [-0.05, 0) is 42.8 Å². The van der Waals surface area contributed by atoms with Crippen LogP contribution in [0.1, 0.15) is 12.0 Å². The van der Waals surface area contributed by atoms with Crippen LogP contribution in [0.15, 0.2) is 54.6 Å². The van der Waals surface area contributed by atoms with Gasteiger partial charge in [0.15, 0.2) is 0 Å². The average Bonchev–Trinajstić information content (AvgIpc) is 3.17. The minimum atomic E-state index is -0.362. The Morgan fingerprint density at radius 1 is 1.08 bits per heavy atom. The summed E-state index contributed by atoms with van der Waals surface area (Å²) in [5.41, 5.74) is 1.61. The first-order valence-electron chi connectivity index (χ1n) is 8.75. The quantitative estimate of drug-likeness (QED) is 0.919. The van der Waals surface area contributed by atoms with Gasteiger partial charge in [-0.1, -0.05) is 30.3 Å². The maximum atomic E-state index is 13.2. The normalized spacial score (nSPS) is 22.5. The summed E-state index contributed by atoms with van der Waals surface area (Å²) in [6.45, 7) is 1.22. The van der Waals surface area contributed by atoms with Crippen molar-refractivity contribution in [3.8, 4) is 5.75 Å². The van der Waals surface area contributed by atoms with Gasteiger partial charge >= 0.3 is 6.03 Å². The van der Waals surface area contributed by atoms with E-state index in [-0.39, 0.29) is 24.0 Å². The summed E-state index contributed by atoms with van der Waals surface area (Å²) in [7, 11) is 1.58. The Kier molecular flexibility index (Phi) is 4.34. The smallest absolute Gasteiger partial charge is 0.332 e. The molecule has 6 nitrogen and oxygen atoms in total. The Labute approximate surface area is 152 Å². The van der Waals surface area contributed by atoms with Gasteiger partial charge in [-0.15, -0.1) is 0 Å². The number of hydrogen-bond acceptors (Lipinski definition) is 4. The number of amides is 3. The van der Waals surface area contributed by atoms with E-state index >= 15 is 0 Å². The van der Waals surface area contributed by atoms with E-state index in [4.69, 9.17) is 4.74 Å². The number of fused-ring (bicyclic) bond motifs is 1. The molecule has 2 aliphatic heterocycles. The van der Waals surface area contributed by atoms with Crippen molar-refractivity contribution in [1.29, 1.82) is 0 Å². The van der Waals surface area contributed by atoms with E-state index < -0.39 is 0 Å². The second kappa shape index (κ2) is 6.80. The van der Waals surface area contributed by atoms with Gasteiger partial charge < -0.3 is 15.0 Å². The number of rotatable bonds is 4. The zero-order valence-electron chi connectivity index (χ0n) is 14.6. The number of nitrogens with zero attached hydrogens (tertiary/aromatic N) is 2. The van der Waals surface area contributed by atoms with Crippen LogP contribution in [0.2, 0.25) is 0 Å². The third kappa shape index (κ3) is 2.82. The zero-order chi connectivity index (χ0) is 18.1. The minimum absolute atomic E-state index is 0.107. The van der Waals surface area contributed by atoms with Crippen LogP contribution in [0, 0.1) is 0 Å². The van der Waals surface area contributed by atoms with Gasteiger partial charge in [-0.25, -0.2) is 9.69 Å². The number of ether oxygens (including phenoxy) is 1. The zero-order valence-corrected chi connectivity index (χ0v) is 14.6. The van der Waals surface area contributed by atoms with Gasteiger partial charge in [0.2, 0.25) is 0 Å². The molecule has 2 aromatic carbocycles. The first kappa shape index (κ1) is 16.6. The van der Waals surface area contributed by atoms with E-state index in [9.17, 15) is 9.59 Å². The number of imide groups is 1. The van der Waals surface area contributed by atoms with Crippen molar-refractivity contribution in [2.45, 2.75) is 25.0 Å². The van der Waals surface area contributed by atoms with Crippen LogP contribution in [0.3, 0.4) is 0 Å². The number of carbonyl (C=O) groups excluding carboxylic acids is 2. The number of methoxy groups -OCH3 is 1. The van der Waals surface area contributed by atoms with Crippen molar-refractivity contribution < 1.29 is 14.3 Å². The predicted octanol–water partition coefficient (Wildman–Crippen LogP) is 2.39. The second-order valence-electron chi connectivity index (χ2n) is 6.56. The number of benzene rings is 2. The van der Waals surface area contributed by atoms with E-state index in [0.717, 1.165) is 18.5 Å². The molecule has 0 radical (unpaired) electrons. The number of hydrogen-bond donors (Lipinski definition) is 1. The van der Waals surface area contributed by atoms with E-state index in [1.54, 1.807) is 31.4 Å². The Bertz CT molecular complexity index is 807. The molecule has 6 heteroatoms. The van der Waals surface area contributed by atoms with Crippen LogP contribution < -0.4 is 15.0 Å². The van der Waals surface area contributed by atoms with E-state index in [2.05, 4.69) is 5.32 Å². The Morgan fingerprint density at radius 2 is 1.81 bits per heavy atom. The molecule has 0 aliphatic carbocycles. The maximum absolute atomic E-state index is 13.2. The third-order valence-electron chi connectivity index (χ3n) is 5.04. The lowest BCUT2D eigenvalue weighted by Crippen LogP contribution is -2.64. The molecular weight excluding hydrogens is 330 g/mol. The van der Waals surface area contributed by atoms with Gasteiger partial charge in [0.05, 0.1) is 18.8 Å². The largest absolute Gasteiger partial charge is 0.497 e. The number of urea groups is 1. The van der Waals surface area contributed by atoms with Crippen molar-refractivity contribution in [3.05, 3.63) is 60.2 Å². The van der Waals surface area contributed by atoms with Crippen LogP contribution in [0.5, 0.6) is 5.75 Å². The molecule has 0 unspecified atom stereocenters. The monoisotopic (exact) mass is 351 g/mol. The molecule has 2 atom stereocenters. The molecule has 134 valence electrons. The summed E-state index contributed by atoms with van der Waals surface area (Å²) in [4.78, 5) is 29.3. The Balaban J connectivity index is 1.67. The average molecular weight is 351 g/mol. The molecular formula is C20H21N3O3. The number of carbonyl (C=O) groups is 2. The number of anilines is 1. The summed E-state index contributed by atoms with van der Waals surface area (Å²) < 4.78 is 5.17. The van der Waals surface area contributed by atoms with Gasteiger partial charge in [0, 0.05) is 6.54 Å². The molecule has 2 aliphatic rings. The highest BCUT2D eigenvalue weighted by Crippen LogP contribution is 2.30. The van der Waals surface area contributed by atoms with Crippen molar-refractivity contribution >= 4 is 17.6 Å². The molecule has 0 bridgehead atoms. The molecule has 2 saturated heterocycles. The van der Waals surface area contributed by atoms with E-state index in [1.807, 2.05) is 35.2 Å². The lowest BCUT2D eigenvalue weighted by atomic mass is 10.0. The molecule has 2 aromatic rings. The fourth-order valence-electron chi connectivity index (χ4n) is 3.71. The van der Waals surface area contributed by atoms with Gasteiger partial charge in [0.1, 0.15) is 11.8 Å². The number of nitrogens with one attached hydrogen (secondary N) is 1. The molecule has 0 spiro atoms. The van der Waals surface area contributed by atoms with E-state index in [1.165, 1.54) is 4.90 Å². The molecule has 1 N–H and O–H groups in total. The van der Waals surface area contributed by atoms with Crippen molar-refractivity contribution in [2.24, 2.45) is 0 Å². The highest BCUT2D eigenvalue weighted by atomic mass is 16.5. The summed E-state index contributed by atoms with van der Waals surface area (Å²) in [5.74, 6) is 0.496. The standard InChI is InChI=1S/C20H21N3O3/c1-26-16-9-7-15(8-10-16)23-19(24)18-17(11-12-21-18)22(20(23)25)13-14-5-3-2-4-6-14/h2-10,17-18,21H,11-13H2,1H3/t17-,18+/m1/s1. The second-order valence-corrected chi connectivity index (χ2v) is 6.56. The summed E-state index contributed by atoms with van der Waals surface area (Å²) in [6.07, 6.45) is 0.783. The summed E-state index contributed by atoms with van der Waals surface area (Å²) in [5, 5.41) is 3.26. The SMILES string of the molecule is COc1ccc(N2C(=O)[C@H]3NCC[C@H]3N(Cc3ccccc3)C2=O)cc1. The van der Waals surface area contributed by atoms with Crippen LogP contribution in [-0.4, -0.2) is 42.6 Å². The highest BCUT2D eigenvalue weighted by molar-refractivity contribution is 6.18. The Morgan fingerprint density at radius 3 is 2.50 bits per heavy atom. The van der Waals surface area contributed by atoms with Crippen molar-refractivity contribution in [1.82, 2.24) is 10.2 Å². The summed E-state index contributed by atoms with van der Waals surface area (Å²) in [6, 6.07) is 16.1. The predicted molar refractivity (Wildman–Crippen MR) is 98.1 cm³/mol. The third-order valence-corrected chi connectivity index (χ3v) is 5.04. The lowest BCUT2D eigenvalue weighted by Gasteiger charge is -2.41. The molecule has 2 heterocycles. The molecule has 0 saturated carbocycles. The van der Waals surface area contributed by atoms with Crippen LogP contribution >= 0.6 is 0 Å². The fourth-order valence-corrected chi connectivity index (χ4v) is 3.71. The highest BCUT2D eigenvalue weighted by Gasteiger charge is 2.48. The van der Waals surface area contributed by atoms with Gasteiger partial charge in [-0.3, -0.25) is 4.79 Å². The first-order chi connectivity index (χ1) is 12.7. The molecule has 26 heavy (non-hydrogen) atoms. The Hall–Kier alpha value is -2.86.